The number of pyridine rings is 1. The quantitative estimate of drug-likeness (QED) is 0.572. The second kappa shape index (κ2) is 4.26. The van der Waals surface area contributed by atoms with Gasteiger partial charge in [-0.3, -0.25) is 10.2 Å². The van der Waals surface area contributed by atoms with Crippen molar-refractivity contribution in [1.82, 2.24) is 39.7 Å². The van der Waals surface area contributed by atoms with E-state index in [-0.39, 0.29) is 0 Å². The van der Waals surface area contributed by atoms with Gasteiger partial charge in [0.15, 0.2) is 5.82 Å². The standard InChI is InChI=1S/C12H10N8/c1-2-4-20-6-8(15-10(20)3-1)5-9-16-12(19-17-9)11-13-7-14-18-11/h1-4,6-7H,5H2,(H,13,14,18)(H,16,17,19). The number of nitrogens with one attached hydrogen (secondary N) is 2. The summed E-state index contributed by atoms with van der Waals surface area (Å²) in [7, 11) is 0. The molecule has 4 rings (SSSR count). The molecule has 0 fully saturated rings. The monoisotopic (exact) mass is 266 g/mol. The van der Waals surface area contributed by atoms with Gasteiger partial charge in [0.25, 0.3) is 0 Å². The molecule has 8 nitrogen and oxygen atoms in total. The Bertz CT molecular complexity index is 808. The molecule has 0 bridgehead atoms. The van der Waals surface area contributed by atoms with E-state index in [2.05, 4.69) is 35.3 Å². The van der Waals surface area contributed by atoms with Crippen molar-refractivity contribution in [1.29, 1.82) is 0 Å². The number of hydrogen-bond acceptors (Lipinski definition) is 5. The topological polar surface area (TPSA) is 100 Å². The fourth-order valence-corrected chi connectivity index (χ4v) is 2.04. The Hall–Kier alpha value is -3.03. The second-order valence-corrected chi connectivity index (χ2v) is 4.31. The molecule has 4 heterocycles. The highest BCUT2D eigenvalue weighted by atomic mass is 15.3. The predicted octanol–water partition coefficient (Wildman–Crippen LogP) is 0.828. The first-order valence-electron chi connectivity index (χ1n) is 6.08. The molecule has 4 aromatic heterocycles. The van der Waals surface area contributed by atoms with Crippen molar-refractivity contribution in [3.05, 3.63) is 48.4 Å². The Morgan fingerprint density at radius 3 is 3.00 bits per heavy atom. The van der Waals surface area contributed by atoms with Gasteiger partial charge in [0.2, 0.25) is 5.82 Å². The largest absolute Gasteiger partial charge is 0.307 e. The zero-order valence-electron chi connectivity index (χ0n) is 10.4. The predicted molar refractivity (Wildman–Crippen MR) is 69.8 cm³/mol. The van der Waals surface area contributed by atoms with Crippen molar-refractivity contribution in [2.45, 2.75) is 6.42 Å². The lowest BCUT2D eigenvalue weighted by Gasteiger charge is -1.89. The highest BCUT2D eigenvalue weighted by molar-refractivity contribution is 5.42. The van der Waals surface area contributed by atoms with Crippen molar-refractivity contribution >= 4 is 5.65 Å². The van der Waals surface area contributed by atoms with Gasteiger partial charge < -0.3 is 4.40 Å². The summed E-state index contributed by atoms with van der Waals surface area (Å²) < 4.78 is 1.98. The van der Waals surface area contributed by atoms with Crippen LogP contribution in [0.25, 0.3) is 17.3 Å². The maximum absolute atomic E-state index is 4.52. The molecule has 0 spiro atoms. The molecule has 2 N–H and O–H groups in total. The summed E-state index contributed by atoms with van der Waals surface area (Å²) in [5, 5.41) is 13.5. The fraction of sp³-hybridized carbons (Fsp3) is 0.0833. The number of fused-ring (bicyclic) bond motifs is 1. The number of hydrogen-bond donors (Lipinski definition) is 2. The summed E-state index contributed by atoms with van der Waals surface area (Å²) in [4.78, 5) is 12.9. The Labute approximate surface area is 112 Å². The molecule has 0 aliphatic carbocycles. The van der Waals surface area contributed by atoms with E-state index >= 15 is 0 Å². The average molecular weight is 266 g/mol. The third-order valence-corrected chi connectivity index (χ3v) is 2.92. The van der Waals surface area contributed by atoms with Crippen LogP contribution in [0.4, 0.5) is 0 Å². The number of imidazole rings is 1. The van der Waals surface area contributed by atoms with Crippen LogP contribution in [-0.4, -0.2) is 39.7 Å². The van der Waals surface area contributed by atoms with E-state index in [1.54, 1.807) is 0 Å². The molecule has 8 heteroatoms. The Morgan fingerprint density at radius 2 is 2.15 bits per heavy atom. The molecule has 0 aromatic carbocycles. The maximum Gasteiger partial charge on any atom is 0.218 e. The molecule has 0 saturated carbocycles. The number of aromatic nitrogens is 8. The van der Waals surface area contributed by atoms with Crippen LogP contribution in [0.5, 0.6) is 0 Å². The van der Waals surface area contributed by atoms with Gasteiger partial charge in [-0.15, -0.1) is 5.10 Å². The Morgan fingerprint density at radius 1 is 1.15 bits per heavy atom. The first kappa shape index (κ1) is 10.9. The first-order valence-corrected chi connectivity index (χ1v) is 6.08. The van der Waals surface area contributed by atoms with Crippen molar-refractivity contribution in [3.8, 4) is 11.6 Å². The van der Waals surface area contributed by atoms with Gasteiger partial charge in [-0.1, -0.05) is 6.07 Å². The van der Waals surface area contributed by atoms with E-state index in [9.17, 15) is 0 Å². The summed E-state index contributed by atoms with van der Waals surface area (Å²) in [6, 6.07) is 5.89. The average Bonchev–Trinajstić information content (AvgIpc) is 3.18. The fourth-order valence-electron chi connectivity index (χ4n) is 2.04. The smallest absolute Gasteiger partial charge is 0.218 e. The lowest BCUT2D eigenvalue weighted by atomic mass is 10.3. The van der Waals surface area contributed by atoms with Gasteiger partial charge in [-0.25, -0.2) is 15.0 Å². The normalized spacial score (nSPS) is 11.2. The molecule has 0 amide bonds. The number of rotatable bonds is 3. The van der Waals surface area contributed by atoms with Gasteiger partial charge >= 0.3 is 0 Å². The van der Waals surface area contributed by atoms with E-state index in [0.29, 0.717) is 18.1 Å². The van der Waals surface area contributed by atoms with Gasteiger partial charge in [-0.05, 0) is 12.1 Å². The lowest BCUT2D eigenvalue weighted by Crippen LogP contribution is -1.91. The molecular formula is C12H10N8. The highest BCUT2D eigenvalue weighted by Gasteiger charge is 2.10. The van der Waals surface area contributed by atoms with E-state index in [0.717, 1.165) is 17.2 Å². The molecule has 4 aromatic rings. The van der Waals surface area contributed by atoms with Crippen molar-refractivity contribution < 1.29 is 0 Å². The van der Waals surface area contributed by atoms with Crippen LogP contribution >= 0.6 is 0 Å². The molecular weight excluding hydrogens is 256 g/mol. The molecule has 20 heavy (non-hydrogen) atoms. The van der Waals surface area contributed by atoms with Gasteiger partial charge in [0, 0.05) is 12.4 Å². The van der Waals surface area contributed by atoms with Crippen LogP contribution in [0.15, 0.2) is 36.9 Å². The van der Waals surface area contributed by atoms with Crippen molar-refractivity contribution in [2.75, 3.05) is 0 Å². The number of H-pyrrole nitrogens is 2. The van der Waals surface area contributed by atoms with E-state index in [1.807, 2.05) is 35.0 Å². The lowest BCUT2D eigenvalue weighted by molar-refractivity contribution is 0.952. The van der Waals surface area contributed by atoms with Crippen LogP contribution in [0.1, 0.15) is 11.5 Å². The number of nitrogens with zero attached hydrogens (tertiary/aromatic N) is 6. The number of aromatic amines is 2. The summed E-state index contributed by atoms with van der Waals surface area (Å²) in [5.41, 5.74) is 1.84. The van der Waals surface area contributed by atoms with Gasteiger partial charge in [-0.2, -0.15) is 5.10 Å². The van der Waals surface area contributed by atoms with Crippen LogP contribution in [0, 0.1) is 0 Å². The van der Waals surface area contributed by atoms with Crippen LogP contribution in [0.3, 0.4) is 0 Å². The molecule has 98 valence electrons. The van der Waals surface area contributed by atoms with E-state index in [1.165, 1.54) is 6.33 Å². The van der Waals surface area contributed by atoms with Crippen LogP contribution in [0.2, 0.25) is 0 Å². The Kier molecular flexibility index (Phi) is 2.31. The summed E-state index contributed by atoms with van der Waals surface area (Å²) in [6.45, 7) is 0. The zero-order valence-corrected chi connectivity index (χ0v) is 10.4. The Balaban J connectivity index is 1.62. The molecule has 0 unspecified atom stereocenters. The third-order valence-electron chi connectivity index (χ3n) is 2.92. The van der Waals surface area contributed by atoms with Gasteiger partial charge in [0.05, 0.1) is 12.1 Å². The highest BCUT2D eigenvalue weighted by Crippen LogP contribution is 2.11. The summed E-state index contributed by atoms with van der Waals surface area (Å²) >= 11 is 0. The molecule has 0 radical (unpaired) electrons. The summed E-state index contributed by atoms with van der Waals surface area (Å²) in [5.74, 6) is 1.78. The second-order valence-electron chi connectivity index (χ2n) is 4.31. The molecule has 0 aliphatic rings. The first-order chi connectivity index (χ1) is 9.88. The van der Waals surface area contributed by atoms with E-state index in [4.69, 9.17) is 0 Å². The van der Waals surface area contributed by atoms with Crippen LogP contribution in [-0.2, 0) is 6.42 Å². The van der Waals surface area contributed by atoms with Crippen molar-refractivity contribution in [3.63, 3.8) is 0 Å². The minimum absolute atomic E-state index is 0.501. The van der Waals surface area contributed by atoms with Gasteiger partial charge in [0.1, 0.15) is 17.8 Å². The molecule has 0 aliphatic heterocycles. The van der Waals surface area contributed by atoms with Crippen molar-refractivity contribution in [2.24, 2.45) is 0 Å². The molecule has 0 saturated heterocycles. The molecule has 0 atom stereocenters. The SMILES string of the molecule is c1ccn2cc(Cc3nc(-c4ncn[nH]4)n[nH]3)nc2c1. The minimum Gasteiger partial charge on any atom is -0.307 e. The van der Waals surface area contributed by atoms with Crippen LogP contribution < -0.4 is 0 Å². The third kappa shape index (κ3) is 1.83. The maximum atomic E-state index is 4.52. The zero-order chi connectivity index (χ0) is 13.4. The minimum atomic E-state index is 0.501. The van der Waals surface area contributed by atoms with E-state index < -0.39 is 0 Å². The summed E-state index contributed by atoms with van der Waals surface area (Å²) in [6.07, 6.45) is 5.95.